The Morgan fingerprint density at radius 1 is 1.55 bits per heavy atom. The Morgan fingerprint density at radius 3 is 2.55 bits per heavy atom. The molecule has 1 atom stereocenters. The zero-order valence-corrected chi connectivity index (χ0v) is 7.72. The molecular weight excluding hydrogens is 134 g/mol. The Bertz CT molecular complexity index is 178. The average molecular weight is 151 g/mol. The van der Waals surface area contributed by atoms with Gasteiger partial charge in [0.05, 0.1) is 5.54 Å². The van der Waals surface area contributed by atoms with Crippen molar-refractivity contribution in [1.29, 1.82) is 0 Å². The fourth-order valence-electron chi connectivity index (χ4n) is 1.97. The number of hydrogen-bond acceptors (Lipinski definition) is 1. The molecule has 0 saturated carbocycles. The van der Waals surface area contributed by atoms with E-state index in [1.807, 2.05) is 0 Å². The van der Waals surface area contributed by atoms with Gasteiger partial charge in [-0.15, -0.1) is 6.42 Å². The Kier molecular flexibility index (Phi) is 2.25. The summed E-state index contributed by atoms with van der Waals surface area (Å²) in [4.78, 5) is 2.41. The van der Waals surface area contributed by atoms with Crippen molar-refractivity contribution in [1.82, 2.24) is 4.90 Å². The largest absolute Gasteiger partial charge is 0.285 e. The van der Waals surface area contributed by atoms with Gasteiger partial charge in [0.1, 0.15) is 0 Å². The van der Waals surface area contributed by atoms with Crippen LogP contribution < -0.4 is 0 Å². The summed E-state index contributed by atoms with van der Waals surface area (Å²) in [7, 11) is 0. The first-order chi connectivity index (χ1) is 5.10. The van der Waals surface area contributed by atoms with Crippen molar-refractivity contribution in [2.45, 2.75) is 45.2 Å². The van der Waals surface area contributed by atoms with Crippen LogP contribution in [0.25, 0.3) is 0 Å². The maximum absolute atomic E-state index is 5.50. The second-order valence-corrected chi connectivity index (χ2v) is 3.81. The molecule has 1 aliphatic heterocycles. The third kappa shape index (κ3) is 1.41. The van der Waals surface area contributed by atoms with Gasteiger partial charge in [0.25, 0.3) is 0 Å². The maximum atomic E-state index is 5.50. The molecule has 0 bridgehead atoms. The van der Waals surface area contributed by atoms with E-state index in [0.717, 1.165) is 6.42 Å². The van der Waals surface area contributed by atoms with Gasteiger partial charge >= 0.3 is 0 Å². The number of rotatable bonds is 1. The molecular formula is C10H17N. The molecule has 0 aromatic carbocycles. The molecule has 1 fully saturated rings. The van der Waals surface area contributed by atoms with Gasteiger partial charge in [0, 0.05) is 6.04 Å². The molecule has 0 N–H and O–H groups in total. The van der Waals surface area contributed by atoms with Crippen LogP contribution in [0.1, 0.15) is 33.6 Å². The van der Waals surface area contributed by atoms with E-state index in [4.69, 9.17) is 6.42 Å². The van der Waals surface area contributed by atoms with Gasteiger partial charge in [-0.05, 0) is 40.2 Å². The summed E-state index contributed by atoms with van der Waals surface area (Å²) in [6.45, 7) is 7.75. The fourth-order valence-corrected chi connectivity index (χ4v) is 1.97. The summed E-state index contributed by atoms with van der Waals surface area (Å²) in [5.41, 5.74) is 0.0359. The Hall–Kier alpha value is -0.480. The average Bonchev–Trinajstić information content (AvgIpc) is 2.32. The minimum atomic E-state index is 0.0359. The van der Waals surface area contributed by atoms with E-state index in [1.165, 1.54) is 13.0 Å². The molecule has 1 nitrogen and oxygen atoms in total. The Labute approximate surface area is 69.8 Å². The van der Waals surface area contributed by atoms with Gasteiger partial charge in [-0.2, -0.15) is 0 Å². The van der Waals surface area contributed by atoms with E-state index in [1.54, 1.807) is 0 Å². The van der Waals surface area contributed by atoms with E-state index in [-0.39, 0.29) is 5.54 Å². The first-order valence-electron chi connectivity index (χ1n) is 4.34. The molecule has 1 heteroatoms. The molecule has 1 saturated heterocycles. The predicted molar refractivity (Wildman–Crippen MR) is 48.3 cm³/mol. The van der Waals surface area contributed by atoms with Crippen LogP contribution >= 0.6 is 0 Å². The highest BCUT2D eigenvalue weighted by molar-refractivity contribution is 5.14. The lowest BCUT2D eigenvalue weighted by atomic mass is 9.99. The second-order valence-electron chi connectivity index (χ2n) is 3.81. The molecule has 0 aromatic heterocycles. The lowest BCUT2D eigenvalue weighted by Crippen LogP contribution is -2.43. The van der Waals surface area contributed by atoms with E-state index in [2.05, 4.69) is 31.6 Å². The van der Waals surface area contributed by atoms with Crippen molar-refractivity contribution in [3.8, 4) is 12.3 Å². The van der Waals surface area contributed by atoms with E-state index in [0.29, 0.717) is 6.04 Å². The summed E-state index contributed by atoms with van der Waals surface area (Å²) >= 11 is 0. The third-order valence-electron chi connectivity index (χ3n) is 2.63. The van der Waals surface area contributed by atoms with Gasteiger partial charge in [0.15, 0.2) is 0 Å². The van der Waals surface area contributed by atoms with Gasteiger partial charge < -0.3 is 0 Å². The van der Waals surface area contributed by atoms with E-state index >= 15 is 0 Å². The predicted octanol–water partition coefficient (Wildman–Crippen LogP) is 1.88. The molecule has 1 unspecified atom stereocenters. The van der Waals surface area contributed by atoms with Crippen LogP contribution in [0, 0.1) is 12.3 Å². The van der Waals surface area contributed by atoms with Crippen LogP contribution in [0.3, 0.4) is 0 Å². The van der Waals surface area contributed by atoms with Crippen LogP contribution in [-0.4, -0.2) is 23.0 Å². The summed E-state index contributed by atoms with van der Waals surface area (Å²) in [5.74, 6) is 2.90. The van der Waals surface area contributed by atoms with Gasteiger partial charge in [-0.3, -0.25) is 4.90 Å². The zero-order valence-electron chi connectivity index (χ0n) is 7.72. The van der Waals surface area contributed by atoms with Crippen molar-refractivity contribution >= 4 is 0 Å². The van der Waals surface area contributed by atoms with Crippen molar-refractivity contribution in [2.24, 2.45) is 0 Å². The Balaban J connectivity index is 2.74. The van der Waals surface area contributed by atoms with Crippen LogP contribution in [-0.2, 0) is 0 Å². The topological polar surface area (TPSA) is 3.24 Å². The van der Waals surface area contributed by atoms with Crippen LogP contribution in [0.4, 0.5) is 0 Å². The quantitative estimate of drug-likeness (QED) is 0.517. The van der Waals surface area contributed by atoms with E-state index in [9.17, 15) is 0 Å². The zero-order chi connectivity index (χ0) is 8.48. The molecule has 0 radical (unpaired) electrons. The van der Waals surface area contributed by atoms with Crippen molar-refractivity contribution in [3.05, 3.63) is 0 Å². The molecule has 0 aromatic rings. The standard InChI is InChI=1S/C10H17N/c1-5-10(4)7-6-8-11(10)9(2)3/h1,9H,6-8H2,2-4H3. The summed E-state index contributed by atoms with van der Waals surface area (Å²) in [5, 5.41) is 0. The van der Waals surface area contributed by atoms with Crippen LogP contribution in [0.5, 0.6) is 0 Å². The maximum Gasteiger partial charge on any atom is 0.0797 e. The van der Waals surface area contributed by atoms with E-state index < -0.39 is 0 Å². The van der Waals surface area contributed by atoms with Crippen molar-refractivity contribution < 1.29 is 0 Å². The minimum Gasteiger partial charge on any atom is -0.285 e. The molecule has 1 heterocycles. The first-order valence-corrected chi connectivity index (χ1v) is 4.34. The molecule has 0 amide bonds. The normalized spacial score (nSPS) is 32.6. The number of nitrogens with zero attached hydrogens (tertiary/aromatic N) is 1. The summed E-state index contributed by atoms with van der Waals surface area (Å²) in [6.07, 6.45) is 7.91. The third-order valence-corrected chi connectivity index (χ3v) is 2.63. The highest BCUT2D eigenvalue weighted by atomic mass is 15.2. The lowest BCUT2D eigenvalue weighted by Gasteiger charge is -2.33. The molecule has 0 spiro atoms. The molecule has 62 valence electrons. The smallest absolute Gasteiger partial charge is 0.0797 e. The molecule has 1 rings (SSSR count). The molecule has 11 heavy (non-hydrogen) atoms. The number of hydrogen-bond donors (Lipinski definition) is 0. The monoisotopic (exact) mass is 151 g/mol. The highest BCUT2D eigenvalue weighted by Crippen LogP contribution is 2.29. The fraction of sp³-hybridized carbons (Fsp3) is 0.800. The van der Waals surface area contributed by atoms with Crippen molar-refractivity contribution in [3.63, 3.8) is 0 Å². The first kappa shape index (κ1) is 8.62. The van der Waals surface area contributed by atoms with Gasteiger partial charge in [-0.25, -0.2) is 0 Å². The molecule has 1 aliphatic rings. The highest BCUT2D eigenvalue weighted by Gasteiger charge is 2.35. The minimum absolute atomic E-state index is 0.0359. The number of likely N-dealkylation sites (tertiary alicyclic amines) is 1. The second kappa shape index (κ2) is 2.87. The van der Waals surface area contributed by atoms with Crippen molar-refractivity contribution in [2.75, 3.05) is 6.54 Å². The summed E-state index contributed by atoms with van der Waals surface area (Å²) in [6, 6.07) is 0.582. The van der Waals surface area contributed by atoms with Crippen LogP contribution in [0.2, 0.25) is 0 Å². The van der Waals surface area contributed by atoms with Gasteiger partial charge in [0.2, 0.25) is 0 Å². The lowest BCUT2D eigenvalue weighted by molar-refractivity contribution is 0.167. The summed E-state index contributed by atoms with van der Waals surface area (Å²) < 4.78 is 0. The van der Waals surface area contributed by atoms with Crippen LogP contribution in [0.15, 0.2) is 0 Å². The Morgan fingerprint density at radius 2 is 2.18 bits per heavy atom. The SMILES string of the molecule is C#CC1(C)CCCN1C(C)C. The van der Waals surface area contributed by atoms with Gasteiger partial charge in [-0.1, -0.05) is 5.92 Å². The molecule has 0 aliphatic carbocycles. The number of terminal acetylenes is 1.